The minimum Gasteiger partial charge on any atom is -0.248 e. The van der Waals surface area contributed by atoms with Gasteiger partial charge in [-0.15, -0.1) is 0 Å². The Hall–Kier alpha value is -0.470. The van der Waals surface area contributed by atoms with Gasteiger partial charge in [-0.05, 0) is 0 Å². The molecule has 0 radical (unpaired) electrons. The van der Waals surface area contributed by atoms with Crippen LogP contribution in [0.3, 0.4) is 0 Å². The third kappa shape index (κ3) is 1.95. The molecular weight excluding hydrogens is 64.0 g/mol. The van der Waals surface area contributed by atoms with Crippen LogP contribution in [0.25, 0.3) is 0 Å². The molecule has 0 unspecified atom stereocenters. The molecule has 0 atom stereocenters. The van der Waals surface area contributed by atoms with Gasteiger partial charge in [0.1, 0.15) is 0 Å². The Kier molecular flexibility index (Phi) is 0.817. The van der Waals surface area contributed by atoms with E-state index in [0.717, 1.165) is 0 Å². The first-order valence-electron chi connectivity index (χ1n) is 0.628. The third-order valence-electron chi connectivity index (χ3n) is 0. The molecule has 0 aliphatic carbocycles. The van der Waals surface area contributed by atoms with Crippen LogP contribution in [0.1, 0.15) is 0 Å². The Balaban J connectivity index is 2.80. The van der Waals surface area contributed by atoms with E-state index < -0.39 is 6.22 Å². The minimum absolute atomic E-state index is 2.33. The molecule has 0 aliphatic heterocycles. The van der Waals surface area contributed by atoms with E-state index in [9.17, 15) is 8.78 Å². The lowest BCUT2D eigenvalue weighted by Crippen LogP contribution is -1.58. The van der Waals surface area contributed by atoms with E-state index in [1.165, 1.54) is 0 Å². The first-order chi connectivity index (χ1) is 1.73. The Morgan fingerprint density at radius 3 is 1.50 bits per heavy atom. The van der Waals surface area contributed by atoms with Gasteiger partial charge in [0.25, 0.3) is 0 Å². The Morgan fingerprint density at radius 1 is 1.50 bits per heavy atom. The second kappa shape index (κ2) is 0.925. The number of hydrogen-bond donors (Lipinski definition) is 1. The summed E-state index contributed by atoms with van der Waals surface area (Å²) in [5, 5.41) is 5.17. The van der Waals surface area contributed by atoms with Crippen molar-refractivity contribution in [2.45, 2.75) is 0 Å². The highest BCUT2D eigenvalue weighted by Crippen LogP contribution is 1.66. The van der Waals surface area contributed by atoms with Crippen LogP contribution in [0.15, 0.2) is 0 Å². The second-order valence-corrected chi connectivity index (χ2v) is 0.260. The molecule has 0 aromatic rings. The minimum atomic E-state index is -2.33. The zero-order chi connectivity index (χ0) is 3.58. The van der Waals surface area contributed by atoms with E-state index in [0.29, 0.717) is 0 Å². The summed E-state index contributed by atoms with van der Waals surface area (Å²) < 4.78 is 19.8. The van der Waals surface area contributed by atoms with Gasteiger partial charge in [0.2, 0.25) is 0 Å². The molecule has 3 heteroatoms. The predicted octanol–water partition coefficient (Wildman–Crippen LogP) is 0.860. The van der Waals surface area contributed by atoms with Crippen LogP contribution in [-0.2, 0) is 0 Å². The number of halogens is 2. The van der Waals surface area contributed by atoms with Crippen LogP contribution in [0.5, 0.6) is 0 Å². The van der Waals surface area contributed by atoms with Gasteiger partial charge in [0.15, 0.2) is 0 Å². The number of nitrogens with one attached hydrogen (secondary N) is 1. The number of hydrogen-bond acceptors (Lipinski definition) is 1. The summed E-state index contributed by atoms with van der Waals surface area (Å²) >= 11 is 0. The molecule has 0 aromatic carbocycles. The summed E-state index contributed by atoms with van der Waals surface area (Å²) in [6, 6.07) is 0. The van der Waals surface area contributed by atoms with Crippen LogP contribution in [0.4, 0.5) is 8.78 Å². The van der Waals surface area contributed by atoms with Gasteiger partial charge >= 0.3 is 6.22 Å². The largest absolute Gasteiger partial charge is 0.357 e. The van der Waals surface area contributed by atoms with Crippen molar-refractivity contribution in [3.8, 4) is 0 Å². The van der Waals surface area contributed by atoms with Crippen molar-refractivity contribution < 1.29 is 8.78 Å². The van der Waals surface area contributed by atoms with E-state index in [2.05, 4.69) is 0 Å². The van der Waals surface area contributed by atoms with Gasteiger partial charge in [0, 0.05) is 0 Å². The summed E-state index contributed by atoms with van der Waals surface area (Å²) in [6.07, 6.45) is -2.33. The van der Waals surface area contributed by atoms with E-state index in [1.807, 2.05) is 0 Å². The summed E-state index contributed by atoms with van der Waals surface area (Å²) in [5.41, 5.74) is 0. The molecule has 0 heterocycles. The van der Waals surface area contributed by atoms with Gasteiger partial charge < -0.3 is 0 Å². The molecule has 0 saturated heterocycles. The quantitative estimate of drug-likeness (QED) is 0.405. The Bertz CT molecular complexity index is 29.0. The highest BCUT2D eigenvalue weighted by atomic mass is 19.3. The maximum atomic E-state index is 9.92. The Morgan fingerprint density at radius 2 is 1.50 bits per heavy atom. The van der Waals surface area contributed by atoms with E-state index >= 15 is 0 Å². The second-order valence-electron chi connectivity index (χ2n) is 0.260. The van der Waals surface area contributed by atoms with Gasteiger partial charge in [-0.2, -0.15) is 8.78 Å². The molecule has 0 aromatic heterocycles. The number of rotatable bonds is 0. The zero-order valence-corrected chi connectivity index (χ0v) is 1.76. The van der Waals surface area contributed by atoms with Crippen LogP contribution < -0.4 is 0 Å². The van der Waals surface area contributed by atoms with E-state index in [1.54, 1.807) is 0 Å². The standard InChI is InChI=1S/CHF2N/c2-1(3)4/h4H. The molecule has 0 amide bonds. The van der Waals surface area contributed by atoms with Crippen molar-refractivity contribution in [2.24, 2.45) is 0 Å². The maximum absolute atomic E-state index is 9.92. The van der Waals surface area contributed by atoms with Crippen LogP contribution in [-0.4, -0.2) is 6.22 Å². The topological polar surface area (TPSA) is 23.9 Å². The lowest BCUT2D eigenvalue weighted by Gasteiger charge is -1.51. The smallest absolute Gasteiger partial charge is 0.248 e. The average molecular weight is 65.0 g/mol. The fraction of sp³-hybridized carbons (Fsp3) is 0. The van der Waals surface area contributed by atoms with Crippen molar-refractivity contribution in [1.82, 2.24) is 0 Å². The van der Waals surface area contributed by atoms with Crippen molar-refractivity contribution in [3.63, 3.8) is 0 Å². The third-order valence-corrected chi connectivity index (χ3v) is 0. The SMILES string of the molecule is N=C(F)F. The van der Waals surface area contributed by atoms with Crippen LogP contribution in [0, 0.1) is 5.41 Å². The van der Waals surface area contributed by atoms with Crippen molar-refractivity contribution >= 4 is 6.22 Å². The van der Waals surface area contributed by atoms with Crippen molar-refractivity contribution in [3.05, 3.63) is 0 Å². The maximum Gasteiger partial charge on any atom is 0.357 e. The van der Waals surface area contributed by atoms with E-state index in [4.69, 9.17) is 5.41 Å². The first-order valence-corrected chi connectivity index (χ1v) is 0.628. The summed E-state index contributed by atoms with van der Waals surface area (Å²) in [4.78, 5) is 0. The molecule has 0 aliphatic rings. The normalized spacial score (nSPS) is 6.50. The monoisotopic (exact) mass is 65.0 g/mol. The molecule has 4 heavy (non-hydrogen) atoms. The van der Waals surface area contributed by atoms with Gasteiger partial charge in [-0.25, -0.2) is 5.41 Å². The predicted molar refractivity (Wildman–Crippen MR) is 9.94 cm³/mol. The zero-order valence-electron chi connectivity index (χ0n) is 1.76. The summed E-state index contributed by atoms with van der Waals surface area (Å²) in [5.74, 6) is 0. The lowest BCUT2D eigenvalue weighted by molar-refractivity contribution is 0.605. The summed E-state index contributed by atoms with van der Waals surface area (Å²) in [6.45, 7) is 0. The van der Waals surface area contributed by atoms with Crippen LogP contribution >= 0.6 is 0 Å². The van der Waals surface area contributed by atoms with Gasteiger partial charge in [-0.1, -0.05) is 0 Å². The molecule has 0 fully saturated rings. The Labute approximate surface area is 21.8 Å². The molecule has 24 valence electrons. The fourth-order valence-electron chi connectivity index (χ4n) is 0. The summed E-state index contributed by atoms with van der Waals surface area (Å²) in [7, 11) is 0. The van der Waals surface area contributed by atoms with Crippen LogP contribution in [0.2, 0.25) is 0 Å². The molecule has 0 saturated carbocycles. The first kappa shape index (κ1) is 3.53. The average Bonchev–Trinajstić information content (AvgIpc) is 0.811. The van der Waals surface area contributed by atoms with Gasteiger partial charge in [-0.3, -0.25) is 0 Å². The van der Waals surface area contributed by atoms with Crippen molar-refractivity contribution in [1.29, 1.82) is 5.41 Å². The molecule has 0 spiro atoms. The van der Waals surface area contributed by atoms with Gasteiger partial charge in [0.05, 0.1) is 0 Å². The van der Waals surface area contributed by atoms with Crippen molar-refractivity contribution in [2.75, 3.05) is 0 Å². The molecule has 1 N–H and O–H groups in total. The molecular formula is CHF2N. The lowest BCUT2D eigenvalue weighted by atomic mass is 11.5. The molecule has 1 nitrogen and oxygen atoms in total. The highest BCUT2D eigenvalue weighted by Gasteiger charge is 1.70. The van der Waals surface area contributed by atoms with E-state index in [-0.39, 0.29) is 0 Å². The molecule has 0 rings (SSSR count). The fourth-order valence-corrected chi connectivity index (χ4v) is 0. The molecule has 0 bridgehead atoms. The highest BCUT2D eigenvalue weighted by molar-refractivity contribution is 5.58.